The summed E-state index contributed by atoms with van der Waals surface area (Å²) < 4.78 is 0. The summed E-state index contributed by atoms with van der Waals surface area (Å²) in [5.74, 6) is 0. The zero-order valence-electron chi connectivity index (χ0n) is 13.5. The van der Waals surface area contributed by atoms with Crippen LogP contribution in [-0.4, -0.2) is 0 Å². The van der Waals surface area contributed by atoms with Gasteiger partial charge in [0.25, 0.3) is 0 Å². The van der Waals surface area contributed by atoms with Crippen molar-refractivity contribution in [1.29, 1.82) is 0 Å². The van der Waals surface area contributed by atoms with Crippen LogP contribution in [0, 0.1) is 0 Å². The predicted molar refractivity (Wildman–Crippen MR) is 107 cm³/mol. The molecular formula is C24H15Cl. The van der Waals surface area contributed by atoms with Gasteiger partial charge >= 0.3 is 0 Å². The average Bonchev–Trinajstić information content (AvgIpc) is 3.00. The molecule has 0 radical (unpaired) electrons. The van der Waals surface area contributed by atoms with Crippen molar-refractivity contribution in [2.75, 3.05) is 0 Å². The van der Waals surface area contributed by atoms with Crippen LogP contribution < -0.4 is 0 Å². The van der Waals surface area contributed by atoms with Gasteiger partial charge in [-0.2, -0.15) is 0 Å². The van der Waals surface area contributed by atoms with Crippen LogP contribution in [0.25, 0.3) is 21.9 Å². The number of benzene rings is 4. The Morgan fingerprint density at radius 3 is 1.64 bits per heavy atom. The average molecular weight is 339 g/mol. The molecule has 0 saturated carbocycles. The summed E-state index contributed by atoms with van der Waals surface area (Å²) in [5, 5.41) is 3.39. The van der Waals surface area contributed by atoms with Crippen molar-refractivity contribution < 1.29 is 0 Å². The van der Waals surface area contributed by atoms with Crippen LogP contribution in [0.3, 0.4) is 0 Å². The first kappa shape index (κ1) is 14.5. The Morgan fingerprint density at radius 2 is 1.04 bits per heavy atom. The fourth-order valence-corrected chi connectivity index (χ4v) is 3.97. The zero-order valence-corrected chi connectivity index (χ0v) is 14.3. The smallest absolute Gasteiger partial charge is 0.0406 e. The topological polar surface area (TPSA) is 0 Å². The van der Waals surface area contributed by atoms with E-state index < -0.39 is 0 Å². The maximum Gasteiger partial charge on any atom is 0.0406 e. The lowest BCUT2D eigenvalue weighted by atomic mass is 9.93. The molecule has 0 nitrogen and oxygen atoms in total. The van der Waals surface area contributed by atoms with Gasteiger partial charge in [0, 0.05) is 5.02 Å². The molecule has 0 aromatic heterocycles. The van der Waals surface area contributed by atoms with Crippen molar-refractivity contribution >= 4 is 33.5 Å². The Hall–Kier alpha value is -2.83. The van der Waals surface area contributed by atoms with Crippen LogP contribution in [-0.2, 0) is 0 Å². The van der Waals surface area contributed by atoms with E-state index in [1.54, 1.807) is 0 Å². The van der Waals surface area contributed by atoms with Crippen LogP contribution in [0.5, 0.6) is 0 Å². The molecule has 1 heteroatoms. The summed E-state index contributed by atoms with van der Waals surface area (Å²) in [6, 6.07) is 32.0. The van der Waals surface area contributed by atoms with Gasteiger partial charge in [0.05, 0.1) is 0 Å². The van der Waals surface area contributed by atoms with E-state index in [-0.39, 0.29) is 0 Å². The summed E-state index contributed by atoms with van der Waals surface area (Å²) in [5.41, 5.74) is 7.64. The first-order valence-corrected chi connectivity index (χ1v) is 8.79. The van der Waals surface area contributed by atoms with E-state index >= 15 is 0 Å². The van der Waals surface area contributed by atoms with Gasteiger partial charge in [-0.25, -0.2) is 0 Å². The predicted octanol–water partition coefficient (Wildman–Crippen LogP) is 6.81. The molecule has 25 heavy (non-hydrogen) atoms. The van der Waals surface area contributed by atoms with Gasteiger partial charge in [-0.3, -0.25) is 0 Å². The molecule has 0 unspecified atom stereocenters. The second-order valence-corrected chi connectivity index (χ2v) is 6.77. The van der Waals surface area contributed by atoms with Gasteiger partial charge in [0.1, 0.15) is 0 Å². The Kier molecular flexibility index (Phi) is 3.26. The van der Waals surface area contributed by atoms with E-state index in [0.717, 1.165) is 5.02 Å². The molecule has 5 rings (SSSR count). The maximum absolute atomic E-state index is 6.13. The minimum Gasteiger partial charge on any atom is -0.0843 e. The lowest BCUT2D eigenvalue weighted by Crippen LogP contribution is -1.90. The third-order valence-corrected chi connectivity index (χ3v) is 5.14. The molecule has 0 heterocycles. The van der Waals surface area contributed by atoms with Crippen LogP contribution in [0.2, 0.25) is 5.02 Å². The molecule has 0 aliphatic heterocycles. The van der Waals surface area contributed by atoms with E-state index in [0.29, 0.717) is 0 Å². The summed E-state index contributed by atoms with van der Waals surface area (Å²) in [4.78, 5) is 0. The molecule has 1 aliphatic carbocycles. The number of hydrogen-bond acceptors (Lipinski definition) is 0. The molecule has 0 amide bonds. The first-order valence-electron chi connectivity index (χ1n) is 8.41. The summed E-state index contributed by atoms with van der Waals surface area (Å²) in [6.07, 6.45) is 0. The summed E-state index contributed by atoms with van der Waals surface area (Å²) in [7, 11) is 0. The van der Waals surface area contributed by atoms with E-state index in [1.807, 2.05) is 12.1 Å². The van der Waals surface area contributed by atoms with Gasteiger partial charge in [0.2, 0.25) is 0 Å². The van der Waals surface area contributed by atoms with Crippen LogP contribution in [0.1, 0.15) is 22.3 Å². The van der Waals surface area contributed by atoms with Gasteiger partial charge in [-0.1, -0.05) is 90.5 Å². The van der Waals surface area contributed by atoms with Gasteiger partial charge in [-0.15, -0.1) is 0 Å². The number of hydrogen-bond donors (Lipinski definition) is 0. The zero-order chi connectivity index (χ0) is 16.8. The summed E-state index contributed by atoms with van der Waals surface area (Å²) in [6.45, 7) is 0. The Bertz CT molecular complexity index is 1110. The highest BCUT2D eigenvalue weighted by atomic mass is 35.5. The van der Waals surface area contributed by atoms with Gasteiger partial charge in [0.15, 0.2) is 0 Å². The van der Waals surface area contributed by atoms with E-state index in [1.165, 1.54) is 44.2 Å². The molecule has 4 aromatic rings. The lowest BCUT2D eigenvalue weighted by molar-refractivity contribution is 1.57. The molecule has 0 fully saturated rings. The van der Waals surface area contributed by atoms with Crippen molar-refractivity contribution in [2.24, 2.45) is 0 Å². The normalized spacial score (nSPS) is 12.8. The van der Waals surface area contributed by atoms with E-state index in [9.17, 15) is 0 Å². The van der Waals surface area contributed by atoms with Crippen LogP contribution in [0.15, 0.2) is 91.0 Å². The molecule has 0 saturated heterocycles. The Morgan fingerprint density at radius 1 is 0.480 bits per heavy atom. The molecule has 0 spiro atoms. The fraction of sp³-hybridized carbons (Fsp3) is 0. The van der Waals surface area contributed by atoms with Crippen LogP contribution in [0.4, 0.5) is 0 Å². The summed E-state index contributed by atoms with van der Waals surface area (Å²) >= 11 is 6.13. The van der Waals surface area contributed by atoms with Crippen molar-refractivity contribution in [1.82, 2.24) is 0 Å². The quantitative estimate of drug-likeness (QED) is 0.331. The highest BCUT2D eigenvalue weighted by Gasteiger charge is 2.25. The van der Waals surface area contributed by atoms with Crippen molar-refractivity contribution in [2.45, 2.75) is 0 Å². The van der Waals surface area contributed by atoms with Crippen LogP contribution >= 0.6 is 11.6 Å². The molecule has 4 aromatic carbocycles. The third-order valence-electron chi connectivity index (χ3n) is 4.89. The van der Waals surface area contributed by atoms with Gasteiger partial charge in [-0.05, 0) is 56.3 Å². The monoisotopic (exact) mass is 338 g/mol. The largest absolute Gasteiger partial charge is 0.0843 e. The lowest BCUT2D eigenvalue weighted by Gasteiger charge is -2.11. The van der Waals surface area contributed by atoms with E-state index in [4.69, 9.17) is 11.6 Å². The second kappa shape index (κ2) is 5.61. The SMILES string of the molecule is Clc1ccc(C2=C(c3ccccc3)c3cccc4cccc2c34)cc1. The van der Waals surface area contributed by atoms with Crippen molar-refractivity contribution in [3.8, 4) is 0 Å². The minimum absolute atomic E-state index is 0.763. The first-order chi connectivity index (χ1) is 12.3. The maximum atomic E-state index is 6.13. The standard InChI is InChI=1S/C24H15Cl/c25-19-14-12-18(13-15-19)24-21-11-5-9-16-8-4-10-20(22(16)21)23(24)17-6-2-1-3-7-17/h1-15H. The number of rotatable bonds is 2. The van der Waals surface area contributed by atoms with E-state index in [2.05, 4.69) is 78.9 Å². The molecule has 1 aliphatic rings. The number of halogens is 1. The van der Waals surface area contributed by atoms with Crippen molar-refractivity contribution in [3.05, 3.63) is 118 Å². The molecular weight excluding hydrogens is 324 g/mol. The Labute approximate surface area is 152 Å². The molecule has 0 bridgehead atoms. The highest BCUT2D eigenvalue weighted by molar-refractivity contribution is 6.30. The Balaban J connectivity index is 1.90. The molecule has 0 N–H and O–H groups in total. The molecule has 118 valence electrons. The second-order valence-electron chi connectivity index (χ2n) is 6.33. The van der Waals surface area contributed by atoms with Crippen molar-refractivity contribution in [3.63, 3.8) is 0 Å². The highest BCUT2D eigenvalue weighted by Crippen LogP contribution is 2.47. The molecule has 0 atom stereocenters. The minimum atomic E-state index is 0.763. The fourth-order valence-electron chi connectivity index (χ4n) is 3.85. The third kappa shape index (κ3) is 2.22. The van der Waals surface area contributed by atoms with Gasteiger partial charge < -0.3 is 0 Å².